The van der Waals surface area contributed by atoms with Gasteiger partial charge < -0.3 is 4.57 Å². The van der Waals surface area contributed by atoms with Crippen LogP contribution >= 0.6 is 11.6 Å². The van der Waals surface area contributed by atoms with Gasteiger partial charge in [-0.1, -0.05) is 31.0 Å². The summed E-state index contributed by atoms with van der Waals surface area (Å²) in [5, 5.41) is 1.78. The van der Waals surface area contributed by atoms with Crippen molar-refractivity contribution in [3.63, 3.8) is 0 Å². The summed E-state index contributed by atoms with van der Waals surface area (Å²) in [5.74, 6) is 0.227. The fraction of sp³-hybridized carbons (Fsp3) is 0.375. The molecular weight excluding hydrogens is 368 g/mol. The molecule has 3 nitrogen and oxygen atoms in total. The predicted molar refractivity (Wildman–Crippen MR) is 117 cm³/mol. The van der Waals surface area contributed by atoms with E-state index in [4.69, 9.17) is 11.6 Å². The zero-order valence-electron chi connectivity index (χ0n) is 16.7. The van der Waals surface area contributed by atoms with Gasteiger partial charge in [-0.05, 0) is 81.2 Å². The summed E-state index contributed by atoms with van der Waals surface area (Å²) in [6.45, 7) is 6.78. The van der Waals surface area contributed by atoms with Crippen LogP contribution in [0, 0.1) is 6.92 Å². The highest BCUT2D eigenvalue weighted by molar-refractivity contribution is 6.30. The van der Waals surface area contributed by atoms with E-state index < -0.39 is 0 Å². The van der Waals surface area contributed by atoms with Gasteiger partial charge >= 0.3 is 0 Å². The highest BCUT2D eigenvalue weighted by Gasteiger charge is 2.23. The number of halogens is 1. The molecule has 0 saturated carbocycles. The number of piperidine rings is 1. The standard InChI is InChI=1S/C24H27ClN2O/c1-3-18-7-12-22-21(15-18)24(23(28)16-26-13-5-4-6-14-26)17(2)27(22)20-10-8-19(25)9-11-20/h7-12,15H,3-6,13-14,16H2,1-2H3. The van der Waals surface area contributed by atoms with E-state index in [9.17, 15) is 4.79 Å². The first kappa shape index (κ1) is 19.2. The molecule has 1 fully saturated rings. The SMILES string of the molecule is CCc1ccc2c(c1)c(C(=O)CN1CCCCC1)c(C)n2-c1ccc(Cl)cc1. The Morgan fingerprint density at radius 3 is 2.43 bits per heavy atom. The third kappa shape index (κ3) is 3.61. The molecule has 0 unspecified atom stereocenters. The van der Waals surface area contributed by atoms with Gasteiger partial charge in [-0.25, -0.2) is 0 Å². The monoisotopic (exact) mass is 394 g/mol. The summed E-state index contributed by atoms with van der Waals surface area (Å²) in [6, 6.07) is 14.3. The Bertz CT molecular complexity index is 998. The Kier molecular flexibility index (Phi) is 5.56. The number of hydrogen-bond donors (Lipinski definition) is 0. The third-order valence-corrected chi connectivity index (χ3v) is 6.11. The summed E-state index contributed by atoms with van der Waals surface area (Å²) in [5.41, 5.74) is 5.25. The van der Waals surface area contributed by atoms with Crippen molar-refractivity contribution in [3.05, 3.63) is 64.3 Å². The second-order valence-corrected chi connectivity index (χ2v) is 8.17. The van der Waals surface area contributed by atoms with Crippen LogP contribution < -0.4 is 0 Å². The van der Waals surface area contributed by atoms with Gasteiger partial charge in [-0.2, -0.15) is 0 Å². The number of carbonyl (C=O) groups is 1. The van der Waals surface area contributed by atoms with E-state index in [1.54, 1.807) is 0 Å². The summed E-state index contributed by atoms with van der Waals surface area (Å²) < 4.78 is 2.19. The van der Waals surface area contributed by atoms with Crippen molar-refractivity contribution in [1.29, 1.82) is 0 Å². The van der Waals surface area contributed by atoms with Crippen molar-refractivity contribution in [1.82, 2.24) is 9.47 Å². The normalized spacial score (nSPS) is 15.2. The number of aryl methyl sites for hydroxylation is 1. The van der Waals surface area contributed by atoms with Gasteiger partial charge in [0.2, 0.25) is 0 Å². The van der Waals surface area contributed by atoms with Crippen molar-refractivity contribution in [3.8, 4) is 5.69 Å². The maximum Gasteiger partial charge on any atom is 0.179 e. The molecule has 2 aromatic carbocycles. The largest absolute Gasteiger partial charge is 0.313 e. The average Bonchev–Trinajstić information content (AvgIpc) is 3.00. The highest BCUT2D eigenvalue weighted by Crippen LogP contribution is 2.31. The molecule has 0 N–H and O–H groups in total. The summed E-state index contributed by atoms with van der Waals surface area (Å²) in [7, 11) is 0. The molecule has 28 heavy (non-hydrogen) atoms. The molecule has 0 aliphatic carbocycles. The molecule has 3 aromatic rings. The zero-order valence-corrected chi connectivity index (χ0v) is 17.4. The van der Waals surface area contributed by atoms with Gasteiger partial charge in [0.15, 0.2) is 5.78 Å². The van der Waals surface area contributed by atoms with Crippen LogP contribution in [0.5, 0.6) is 0 Å². The molecule has 4 heteroatoms. The van der Waals surface area contributed by atoms with Gasteiger partial charge in [0.25, 0.3) is 0 Å². The van der Waals surface area contributed by atoms with E-state index in [1.165, 1.54) is 24.8 Å². The molecule has 0 atom stereocenters. The predicted octanol–water partition coefficient (Wildman–Crippen LogP) is 5.82. The first-order chi connectivity index (χ1) is 13.6. The van der Waals surface area contributed by atoms with E-state index in [0.717, 1.165) is 47.4 Å². The van der Waals surface area contributed by atoms with Crippen LogP contribution in [0.25, 0.3) is 16.6 Å². The number of rotatable bonds is 5. The first-order valence-corrected chi connectivity index (χ1v) is 10.6. The van der Waals surface area contributed by atoms with Crippen LogP contribution in [0.4, 0.5) is 0 Å². The Balaban J connectivity index is 1.83. The van der Waals surface area contributed by atoms with Crippen molar-refractivity contribution < 1.29 is 4.79 Å². The number of carbonyl (C=O) groups excluding carboxylic acids is 1. The van der Waals surface area contributed by atoms with Crippen LogP contribution in [0.3, 0.4) is 0 Å². The number of aromatic nitrogens is 1. The lowest BCUT2D eigenvalue weighted by atomic mass is 10.0. The van der Waals surface area contributed by atoms with Crippen LogP contribution in [0.2, 0.25) is 5.02 Å². The zero-order chi connectivity index (χ0) is 19.7. The molecule has 1 aliphatic rings. The van der Waals surface area contributed by atoms with Crippen molar-refractivity contribution in [2.75, 3.05) is 19.6 Å². The molecule has 4 rings (SSSR count). The highest BCUT2D eigenvalue weighted by atomic mass is 35.5. The van der Waals surface area contributed by atoms with E-state index in [1.807, 2.05) is 24.3 Å². The molecular formula is C24H27ClN2O. The van der Waals surface area contributed by atoms with Gasteiger partial charge in [0.1, 0.15) is 0 Å². The van der Waals surface area contributed by atoms with Gasteiger partial charge in [0, 0.05) is 27.4 Å². The number of likely N-dealkylation sites (tertiary alicyclic amines) is 1. The second kappa shape index (κ2) is 8.10. The Morgan fingerprint density at radius 1 is 1.04 bits per heavy atom. The smallest absolute Gasteiger partial charge is 0.179 e. The number of Topliss-reactive ketones (excluding diaryl/α,β-unsaturated/α-hetero) is 1. The Labute approximate surface area is 171 Å². The van der Waals surface area contributed by atoms with E-state index >= 15 is 0 Å². The Morgan fingerprint density at radius 2 is 1.75 bits per heavy atom. The number of benzene rings is 2. The number of fused-ring (bicyclic) bond motifs is 1. The van der Waals surface area contributed by atoms with Crippen molar-refractivity contribution in [2.45, 2.75) is 39.5 Å². The van der Waals surface area contributed by atoms with Crippen LogP contribution in [0.1, 0.15) is 47.8 Å². The van der Waals surface area contributed by atoms with Gasteiger partial charge in [-0.3, -0.25) is 9.69 Å². The van der Waals surface area contributed by atoms with Crippen molar-refractivity contribution in [2.24, 2.45) is 0 Å². The summed E-state index contributed by atoms with van der Waals surface area (Å²) in [4.78, 5) is 15.7. The topological polar surface area (TPSA) is 25.2 Å². The molecule has 0 spiro atoms. The fourth-order valence-corrected chi connectivity index (χ4v) is 4.49. The molecule has 1 aliphatic heterocycles. The van der Waals surface area contributed by atoms with Gasteiger partial charge in [0.05, 0.1) is 12.1 Å². The van der Waals surface area contributed by atoms with E-state index in [2.05, 4.69) is 41.5 Å². The molecule has 2 heterocycles. The minimum absolute atomic E-state index is 0.227. The third-order valence-electron chi connectivity index (χ3n) is 5.86. The molecule has 0 amide bonds. The number of nitrogens with zero attached hydrogens (tertiary/aromatic N) is 2. The summed E-state index contributed by atoms with van der Waals surface area (Å²) >= 11 is 6.09. The number of hydrogen-bond acceptors (Lipinski definition) is 2. The van der Waals surface area contributed by atoms with E-state index in [-0.39, 0.29) is 5.78 Å². The lowest BCUT2D eigenvalue weighted by molar-refractivity contribution is 0.0916. The van der Waals surface area contributed by atoms with Crippen LogP contribution in [0.15, 0.2) is 42.5 Å². The fourth-order valence-electron chi connectivity index (χ4n) is 4.36. The Hall–Kier alpha value is -2.10. The molecule has 0 radical (unpaired) electrons. The van der Waals surface area contributed by atoms with Gasteiger partial charge in [-0.15, -0.1) is 0 Å². The summed E-state index contributed by atoms with van der Waals surface area (Å²) in [6.07, 6.45) is 4.62. The first-order valence-electron chi connectivity index (χ1n) is 10.2. The lowest BCUT2D eigenvalue weighted by Gasteiger charge is -2.25. The van der Waals surface area contributed by atoms with Crippen LogP contribution in [-0.4, -0.2) is 34.9 Å². The molecule has 0 bridgehead atoms. The van der Waals surface area contributed by atoms with Crippen LogP contribution in [-0.2, 0) is 6.42 Å². The minimum Gasteiger partial charge on any atom is -0.313 e. The molecule has 146 valence electrons. The van der Waals surface area contributed by atoms with Crippen molar-refractivity contribution >= 4 is 28.3 Å². The quantitative estimate of drug-likeness (QED) is 0.509. The minimum atomic E-state index is 0.227. The maximum absolute atomic E-state index is 13.4. The molecule has 1 saturated heterocycles. The lowest BCUT2D eigenvalue weighted by Crippen LogP contribution is -2.34. The number of ketones is 1. The second-order valence-electron chi connectivity index (χ2n) is 7.74. The van der Waals surface area contributed by atoms with E-state index in [0.29, 0.717) is 11.6 Å². The average molecular weight is 395 g/mol. The molecule has 1 aromatic heterocycles. The maximum atomic E-state index is 13.4.